The van der Waals surface area contributed by atoms with Crippen molar-refractivity contribution in [1.82, 2.24) is 15.1 Å². The van der Waals surface area contributed by atoms with Gasteiger partial charge in [-0.1, -0.05) is 5.16 Å². The van der Waals surface area contributed by atoms with Crippen molar-refractivity contribution < 1.29 is 4.52 Å². The third kappa shape index (κ3) is 1.81. The van der Waals surface area contributed by atoms with Crippen LogP contribution in [0.5, 0.6) is 0 Å². The van der Waals surface area contributed by atoms with E-state index in [0.29, 0.717) is 17.4 Å². The molecular formula is C9H9IN4O. The molecule has 0 saturated heterocycles. The fourth-order valence-corrected chi connectivity index (χ4v) is 1.56. The van der Waals surface area contributed by atoms with Crippen LogP contribution >= 0.6 is 22.6 Å². The van der Waals surface area contributed by atoms with Crippen molar-refractivity contribution in [1.29, 1.82) is 0 Å². The molecule has 6 heteroatoms. The average Bonchev–Trinajstić information content (AvgIpc) is 2.52. The number of anilines is 1. The highest BCUT2D eigenvalue weighted by Crippen LogP contribution is 2.24. The van der Waals surface area contributed by atoms with Gasteiger partial charge in [-0.2, -0.15) is 0 Å². The van der Waals surface area contributed by atoms with Crippen molar-refractivity contribution in [3.8, 4) is 11.4 Å². The van der Waals surface area contributed by atoms with E-state index < -0.39 is 0 Å². The summed E-state index contributed by atoms with van der Waals surface area (Å²) in [7, 11) is 0. The molecule has 5 nitrogen and oxygen atoms in total. The zero-order valence-electron chi connectivity index (χ0n) is 8.28. The Hall–Kier alpha value is -1.18. The third-order valence-electron chi connectivity index (χ3n) is 2.03. The van der Waals surface area contributed by atoms with Gasteiger partial charge in [-0.05, 0) is 36.4 Å². The molecule has 2 heterocycles. The van der Waals surface area contributed by atoms with E-state index in [1.54, 1.807) is 6.20 Å². The van der Waals surface area contributed by atoms with Gasteiger partial charge in [0.15, 0.2) is 5.82 Å². The highest BCUT2D eigenvalue weighted by atomic mass is 127. The molecule has 0 spiro atoms. The average molecular weight is 316 g/mol. The van der Waals surface area contributed by atoms with Gasteiger partial charge in [-0.15, -0.1) is 0 Å². The number of nitrogens with two attached hydrogens (primary N) is 1. The molecule has 0 saturated carbocycles. The van der Waals surface area contributed by atoms with Crippen LogP contribution in [-0.4, -0.2) is 15.1 Å². The van der Waals surface area contributed by atoms with Crippen LogP contribution in [0, 0.1) is 17.4 Å². The first-order valence-electron chi connectivity index (χ1n) is 4.31. The first-order chi connectivity index (χ1) is 7.09. The van der Waals surface area contributed by atoms with Gasteiger partial charge in [0.25, 0.3) is 0 Å². The zero-order chi connectivity index (χ0) is 11.0. The number of aromatic nitrogens is 3. The molecule has 0 bridgehead atoms. The maximum Gasteiger partial charge on any atom is 0.167 e. The molecule has 2 aromatic heterocycles. The van der Waals surface area contributed by atoms with E-state index in [0.717, 1.165) is 14.8 Å². The van der Waals surface area contributed by atoms with Gasteiger partial charge in [0.1, 0.15) is 11.6 Å². The molecule has 0 aliphatic rings. The van der Waals surface area contributed by atoms with Gasteiger partial charge >= 0.3 is 0 Å². The van der Waals surface area contributed by atoms with Gasteiger partial charge < -0.3 is 10.3 Å². The van der Waals surface area contributed by atoms with Gasteiger partial charge in [-0.3, -0.25) is 0 Å². The van der Waals surface area contributed by atoms with Crippen molar-refractivity contribution in [3.05, 3.63) is 21.2 Å². The Balaban J connectivity index is 2.59. The Morgan fingerprint density at radius 2 is 2.13 bits per heavy atom. The summed E-state index contributed by atoms with van der Waals surface area (Å²) in [5, 5.41) is 3.85. The van der Waals surface area contributed by atoms with Crippen LogP contribution in [-0.2, 0) is 0 Å². The number of hydrogen-bond donors (Lipinski definition) is 1. The molecule has 2 rings (SSSR count). The molecule has 78 valence electrons. The molecule has 0 fully saturated rings. The summed E-state index contributed by atoms with van der Waals surface area (Å²) in [6.45, 7) is 3.68. The number of nitrogen functional groups attached to an aromatic ring is 1. The summed E-state index contributed by atoms with van der Waals surface area (Å²) < 4.78 is 5.88. The monoisotopic (exact) mass is 316 g/mol. The predicted molar refractivity (Wildman–Crippen MR) is 64.1 cm³/mol. The third-order valence-corrected chi connectivity index (χ3v) is 2.86. The molecule has 0 aliphatic carbocycles. The van der Waals surface area contributed by atoms with E-state index in [4.69, 9.17) is 10.3 Å². The lowest BCUT2D eigenvalue weighted by Gasteiger charge is -2.01. The second kappa shape index (κ2) is 3.76. The fourth-order valence-electron chi connectivity index (χ4n) is 1.30. The van der Waals surface area contributed by atoms with Crippen molar-refractivity contribution in [2.45, 2.75) is 13.8 Å². The Morgan fingerprint density at radius 1 is 1.40 bits per heavy atom. The smallest absolute Gasteiger partial charge is 0.167 e. The molecule has 2 N–H and O–H groups in total. The highest BCUT2D eigenvalue weighted by Gasteiger charge is 2.14. The number of halogens is 1. The number of aryl methyl sites for hydroxylation is 2. The minimum absolute atomic E-state index is 0.473. The van der Waals surface area contributed by atoms with Crippen LogP contribution in [0.2, 0.25) is 0 Å². The quantitative estimate of drug-likeness (QED) is 0.814. The van der Waals surface area contributed by atoms with Crippen LogP contribution in [0.4, 0.5) is 5.82 Å². The van der Waals surface area contributed by atoms with Gasteiger partial charge in [0.2, 0.25) is 0 Å². The van der Waals surface area contributed by atoms with Crippen molar-refractivity contribution in [2.75, 3.05) is 5.73 Å². The number of rotatable bonds is 1. The molecule has 0 unspecified atom stereocenters. The van der Waals surface area contributed by atoms with Crippen LogP contribution in [0.3, 0.4) is 0 Å². The highest BCUT2D eigenvalue weighted by molar-refractivity contribution is 14.1. The van der Waals surface area contributed by atoms with Crippen molar-refractivity contribution in [2.24, 2.45) is 0 Å². The van der Waals surface area contributed by atoms with Gasteiger partial charge in [0, 0.05) is 6.20 Å². The minimum Gasteiger partial charge on any atom is -0.383 e. The maximum atomic E-state index is 5.72. The maximum absolute atomic E-state index is 5.72. The van der Waals surface area contributed by atoms with E-state index in [9.17, 15) is 0 Å². The Labute approximate surface area is 100 Å². The van der Waals surface area contributed by atoms with E-state index >= 15 is 0 Å². The number of nitrogens with zero attached hydrogens (tertiary/aromatic N) is 3. The molecule has 0 aliphatic heterocycles. The van der Waals surface area contributed by atoms with Crippen molar-refractivity contribution in [3.63, 3.8) is 0 Å². The first-order valence-corrected chi connectivity index (χ1v) is 5.38. The Morgan fingerprint density at radius 3 is 2.67 bits per heavy atom. The minimum atomic E-state index is 0.473. The second-order valence-electron chi connectivity index (χ2n) is 3.13. The molecular weight excluding hydrogens is 307 g/mol. The van der Waals surface area contributed by atoms with E-state index in [1.807, 2.05) is 13.8 Å². The lowest BCUT2D eigenvalue weighted by atomic mass is 10.2. The lowest BCUT2D eigenvalue weighted by molar-refractivity contribution is 0.393. The van der Waals surface area contributed by atoms with E-state index in [-0.39, 0.29) is 0 Å². The van der Waals surface area contributed by atoms with Crippen molar-refractivity contribution >= 4 is 28.4 Å². The Kier molecular flexibility index (Phi) is 2.59. The zero-order valence-corrected chi connectivity index (χ0v) is 10.4. The van der Waals surface area contributed by atoms with E-state index in [1.165, 1.54) is 0 Å². The molecule has 2 aromatic rings. The Bertz CT molecular complexity index is 489. The lowest BCUT2D eigenvalue weighted by Crippen LogP contribution is -1.99. The number of hydrogen-bond acceptors (Lipinski definition) is 5. The van der Waals surface area contributed by atoms with E-state index in [2.05, 4.69) is 37.7 Å². The summed E-state index contributed by atoms with van der Waals surface area (Å²) in [5.41, 5.74) is 7.31. The van der Waals surface area contributed by atoms with Crippen LogP contribution in [0.25, 0.3) is 11.4 Å². The SMILES string of the molecule is Cc1noc(C)c1-c1ncc(I)c(N)n1. The second-order valence-corrected chi connectivity index (χ2v) is 4.29. The topological polar surface area (TPSA) is 77.8 Å². The van der Waals surface area contributed by atoms with Crippen LogP contribution < -0.4 is 5.73 Å². The summed E-state index contributed by atoms with van der Waals surface area (Å²) in [4.78, 5) is 8.40. The summed E-state index contributed by atoms with van der Waals surface area (Å²) >= 11 is 2.09. The van der Waals surface area contributed by atoms with Crippen LogP contribution in [0.15, 0.2) is 10.7 Å². The summed E-state index contributed by atoms with van der Waals surface area (Å²) in [6.07, 6.45) is 1.68. The first kappa shape index (κ1) is 10.3. The normalized spacial score (nSPS) is 10.6. The largest absolute Gasteiger partial charge is 0.383 e. The van der Waals surface area contributed by atoms with Crippen LogP contribution in [0.1, 0.15) is 11.5 Å². The predicted octanol–water partition coefficient (Wildman–Crippen LogP) is 1.94. The van der Waals surface area contributed by atoms with Gasteiger partial charge in [0.05, 0.1) is 14.8 Å². The molecule has 0 radical (unpaired) electrons. The summed E-state index contributed by atoms with van der Waals surface area (Å²) in [5.74, 6) is 1.73. The molecule has 0 amide bonds. The summed E-state index contributed by atoms with van der Waals surface area (Å²) in [6, 6.07) is 0. The molecule has 15 heavy (non-hydrogen) atoms. The fraction of sp³-hybridized carbons (Fsp3) is 0.222. The standard InChI is InChI=1S/C9H9IN4O/c1-4-7(5(2)15-14-4)9-12-3-6(10)8(11)13-9/h3H,1-2H3,(H2,11,12,13). The molecule has 0 atom stereocenters. The van der Waals surface area contributed by atoms with Gasteiger partial charge in [-0.25, -0.2) is 9.97 Å². The molecule has 0 aromatic carbocycles.